The maximum atomic E-state index is 9.36. The Morgan fingerprint density at radius 2 is 2.14 bits per heavy atom. The van der Waals surface area contributed by atoms with Crippen LogP contribution in [-0.4, -0.2) is 40.4 Å². The first-order valence-corrected chi connectivity index (χ1v) is 7.81. The average Bonchev–Trinajstić information content (AvgIpc) is 3.02. The fourth-order valence-corrected chi connectivity index (χ4v) is 3.36. The summed E-state index contributed by atoms with van der Waals surface area (Å²) in [6.45, 7) is 4.70. The van der Waals surface area contributed by atoms with Gasteiger partial charge in [0.25, 0.3) is 0 Å². The summed E-state index contributed by atoms with van der Waals surface area (Å²) in [5.74, 6) is 1.48. The molecule has 5 heteroatoms. The largest absolute Gasteiger partial charge is 0.395 e. The van der Waals surface area contributed by atoms with Crippen molar-refractivity contribution in [1.29, 1.82) is 0 Å². The topological polar surface area (TPSA) is 67.3 Å². The Kier molecular flexibility index (Phi) is 4.12. The van der Waals surface area contributed by atoms with Crippen molar-refractivity contribution in [2.75, 3.05) is 24.6 Å². The minimum atomic E-state index is 0.117. The maximum Gasteiger partial charge on any atom is 0.206 e. The molecular weight excluding hydrogens is 264 g/mol. The third kappa shape index (κ3) is 2.63. The van der Waals surface area contributed by atoms with Crippen LogP contribution in [0.25, 0.3) is 11.0 Å². The number of para-hydroxylation sites is 2. The van der Waals surface area contributed by atoms with E-state index in [1.165, 1.54) is 6.42 Å². The molecule has 1 aromatic heterocycles. The van der Waals surface area contributed by atoms with Crippen LogP contribution in [0.2, 0.25) is 0 Å². The Morgan fingerprint density at radius 1 is 1.33 bits per heavy atom. The summed E-state index contributed by atoms with van der Waals surface area (Å²) in [6.07, 6.45) is 2.33. The van der Waals surface area contributed by atoms with Gasteiger partial charge in [-0.15, -0.1) is 0 Å². The lowest BCUT2D eigenvalue weighted by atomic mass is 9.99. The van der Waals surface area contributed by atoms with Gasteiger partial charge in [0.05, 0.1) is 17.6 Å². The molecule has 1 aliphatic rings. The number of benzene rings is 1. The average molecular weight is 288 g/mol. The molecule has 114 valence electrons. The van der Waals surface area contributed by atoms with Gasteiger partial charge in [-0.05, 0) is 24.5 Å². The van der Waals surface area contributed by atoms with Crippen molar-refractivity contribution in [3.05, 3.63) is 24.3 Å². The van der Waals surface area contributed by atoms with Crippen molar-refractivity contribution in [2.24, 2.45) is 11.7 Å². The zero-order valence-corrected chi connectivity index (χ0v) is 12.6. The van der Waals surface area contributed by atoms with Crippen LogP contribution in [0.3, 0.4) is 0 Å². The lowest BCUT2D eigenvalue weighted by Gasteiger charge is -2.19. The second-order valence-corrected chi connectivity index (χ2v) is 5.89. The van der Waals surface area contributed by atoms with Gasteiger partial charge in [0.2, 0.25) is 5.95 Å². The zero-order chi connectivity index (χ0) is 14.8. The molecule has 0 spiro atoms. The normalized spacial score (nSPS) is 22.3. The zero-order valence-electron chi connectivity index (χ0n) is 12.6. The van der Waals surface area contributed by atoms with Crippen LogP contribution in [0.15, 0.2) is 24.3 Å². The molecule has 3 N–H and O–H groups in total. The number of hydrogen-bond acceptors (Lipinski definition) is 4. The third-order valence-electron chi connectivity index (χ3n) is 4.39. The summed E-state index contributed by atoms with van der Waals surface area (Å²) in [4.78, 5) is 7.04. The Morgan fingerprint density at radius 3 is 2.90 bits per heavy atom. The van der Waals surface area contributed by atoms with Crippen LogP contribution in [0.1, 0.15) is 19.8 Å². The Balaban J connectivity index is 1.95. The lowest BCUT2D eigenvalue weighted by Crippen LogP contribution is -2.30. The van der Waals surface area contributed by atoms with Crippen LogP contribution in [0.4, 0.5) is 5.95 Å². The first-order chi connectivity index (χ1) is 10.2. The van der Waals surface area contributed by atoms with Gasteiger partial charge in [-0.1, -0.05) is 25.5 Å². The van der Waals surface area contributed by atoms with Gasteiger partial charge in [0.15, 0.2) is 0 Å². The molecule has 0 radical (unpaired) electrons. The lowest BCUT2D eigenvalue weighted by molar-refractivity contribution is 0.278. The van der Waals surface area contributed by atoms with E-state index in [4.69, 9.17) is 10.7 Å². The SMILES string of the molecule is CCC[C@H]1CN(c2nc3ccccc3n2CCO)C[C@@H]1N. The number of aliphatic hydroxyl groups is 1. The molecule has 0 saturated carbocycles. The predicted octanol–water partition coefficient (Wildman–Crippen LogP) is 1.59. The Labute approximate surface area is 125 Å². The van der Waals surface area contributed by atoms with Gasteiger partial charge >= 0.3 is 0 Å². The van der Waals surface area contributed by atoms with Gasteiger partial charge in [0, 0.05) is 25.7 Å². The van der Waals surface area contributed by atoms with Gasteiger partial charge in [-0.3, -0.25) is 0 Å². The van der Waals surface area contributed by atoms with Crippen molar-refractivity contribution >= 4 is 17.0 Å². The number of aromatic nitrogens is 2. The summed E-state index contributed by atoms with van der Waals surface area (Å²) < 4.78 is 2.11. The van der Waals surface area contributed by atoms with Gasteiger partial charge in [-0.2, -0.15) is 0 Å². The molecule has 0 bridgehead atoms. The summed E-state index contributed by atoms with van der Waals surface area (Å²) in [7, 11) is 0. The van der Waals surface area contributed by atoms with E-state index in [-0.39, 0.29) is 12.6 Å². The fraction of sp³-hybridized carbons (Fsp3) is 0.562. The van der Waals surface area contributed by atoms with E-state index >= 15 is 0 Å². The molecule has 1 fully saturated rings. The van der Waals surface area contributed by atoms with Crippen molar-refractivity contribution < 1.29 is 5.11 Å². The predicted molar refractivity (Wildman–Crippen MR) is 85.4 cm³/mol. The summed E-state index contributed by atoms with van der Waals surface area (Å²) in [6, 6.07) is 8.30. The number of anilines is 1. The second kappa shape index (κ2) is 6.03. The smallest absolute Gasteiger partial charge is 0.206 e. The highest BCUT2D eigenvalue weighted by Gasteiger charge is 2.32. The standard InChI is InChI=1S/C16H24N4O/c1-2-5-12-10-19(11-13(12)17)16-18-14-6-3-4-7-15(14)20(16)8-9-21/h3-4,6-7,12-13,21H,2,5,8-11,17H2,1H3/t12-,13-/m0/s1. The number of nitrogens with zero attached hydrogens (tertiary/aromatic N) is 3. The van der Waals surface area contributed by atoms with Gasteiger partial charge in [-0.25, -0.2) is 4.98 Å². The number of fused-ring (bicyclic) bond motifs is 1. The van der Waals surface area contributed by atoms with Crippen LogP contribution < -0.4 is 10.6 Å². The van der Waals surface area contributed by atoms with E-state index in [1.54, 1.807) is 0 Å². The molecule has 2 atom stereocenters. The van der Waals surface area contributed by atoms with Crippen molar-refractivity contribution in [2.45, 2.75) is 32.4 Å². The minimum Gasteiger partial charge on any atom is -0.395 e. The third-order valence-corrected chi connectivity index (χ3v) is 4.39. The monoisotopic (exact) mass is 288 g/mol. The van der Waals surface area contributed by atoms with E-state index in [2.05, 4.69) is 22.5 Å². The number of rotatable bonds is 5. The molecule has 0 amide bonds. The molecule has 5 nitrogen and oxygen atoms in total. The van der Waals surface area contributed by atoms with Crippen LogP contribution in [0.5, 0.6) is 0 Å². The van der Waals surface area contributed by atoms with Crippen LogP contribution >= 0.6 is 0 Å². The van der Waals surface area contributed by atoms with Crippen molar-refractivity contribution in [3.8, 4) is 0 Å². The minimum absolute atomic E-state index is 0.117. The van der Waals surface area contributed by atoms with E-state index in [0.29, 0.717) is 12.5 Å². The summed E-state index contributed by atoms with van der Waals surface area (Å²) in [5.41, 5.74) is 8.34. The first-order valence-electron chi connectivity index (χ1n) is 7.81. The molecular formula is C16H24N4O. The maximum absolute atomic E-state index is 9.36. The molecule has 1 aliphatic heterocycles. The van der Waals surface area contributed by atoms with E-state index < -0.39 is 0 Å². The Hall–Kier alpha value is -1.59. The molecule has 1 saturated heterocycles. The number of imidazole rings is 1. The van der Waals surface area contributed by atoms with Crippen molar-refractivity contribution in [3.63, 3.8) is 0 Å². The number of aliphatic hydroxyl groups excluding tert-OH is 1. The second-order valence-electron chi connectivity index (χ2n) is 5.89. The molecule has 3 rings (SSSR count). The molecule has 2 heterocycles. The highest BCUT2D eigenvalue weighted by atomic mass is 16.3. The summed E-state index contributed by atoms with van der Waals surface area (Å²) in [5, 5.41) is 9.36. The van der Waals surface area contributed by atoms with Crippen LogP contribution in [-0.2, 0) is 6.54 Å². The van der Waals surface area contributed by atoms with Gasteiger partial charge in [0.1, 0.15) is 0 Å². The van der Waals surface area contributed by atoms with E-state index in [0.717, 1.165) is 36.5 Å². The fourth-order valence-electron chi connectivity index (χ4n) is 3.36. The molecule has 2 aromatic rings. The molecule has 21 heavy (non-hydrogen) atoms. The van der Waals surface area contributed by atoms with E-state index in [1.807, 2.05) is 18.2 Å². The highest BCUT2D eigenvalue weighted by molar-refractivity contribution is 5.78. The van der Waals surface area contributed by atoms with E-state index in [9.17, 15) is 5.11 Å². The quantitative estimate of drug-likeness (QED) is 0.877. The summed E-state index contributed by atoms with van der Waals surface area (Å²) >= 11 is 0. The van der Waals surface area contributed by atoms with Crippen LogP contribution in [0, 0.1) is 5.92 Å². The number of nitrogens with two attached hydrogens (primary N) is 1. The van der Waals surface area contributed by atoms with Gasteiger partial charge < -0.3 is 20.3 Å². The molecule has 1 aromatic carbocycles. The van der Waals surface area contributed by atoms with Crippen molar-refractivity contribution in [1.82, 2.24) is 9.55 Å². The number of hydrogen-bond donors (Lipinski definition) is 2. The first kappa shape index (κ1) is 14.4. The molecule has 0 unspecified atom stereocenters. The Bertz CT molecular complexity index is 609. The highest BCUT2D eigenvalue weighted by Crippen LogP contribution is 2.28. The molecule has 0 aliphatic carbocycles.